The Morgan fingerprint density at radius 3 is 2.31 bits per heavy atom. The lowest BCUT2D eigenvalue weighted by Gasteiger charge is -2.18. The Morgan fingerprint density at radius 1 is 0.966 bits per heavy atom. The quantitative estimate of drug-likeness (QED) is 0.501. The summed E-state index contributed by atoms with van der Waals surface area (Å²) >= 11 is 1.60. The molecule has 0 radical (unpaired) electrons. The van der Waals surface area contributed by atoms with Gasteiger partial charge in [0.1, 0.15) is 6.54 Å². The second-order valence-electron chi connectivity index (χ2n) is 6.94. The third kappa shape index (κ3) is 3.89. The fourth-order valence-corrected chi connectivity index (χ4v) is 4.44. The first-order valence-corrected chi connectivity index (χ1v) is 10.6. The number of amides is 1. The van der Waals surface area contributed by atoms with E-state index >= 15 is 0 Å². The van der Waals surface area contributed by atoms with Gasteiger partial charge in [0.15, 0.2) is 0 Å². The molecule has 148 valence electrons. The summed E-state index contributed by atoms with van der Waals surface area (Å²) in [6.07, 6.45) is 0.856. The molecule has 0 fully saturated rings. The number of aryl methyl sites for hydroxylation is 1. The maximum atomic E-state index is 13.0. The van der Waals surface area contributed by atoms with Gasteiger partial charge in [-0.1, -0.05) is 55.5 Å². The molecular formula is C23H23N3O2S. The van der Waals surface area contributed by atoms with E-state index in [0.29, 0.717) is 6.54 Å². The number of imidazole rings is 1. The van der Waals surface area contributed by atoms with Gasteiger partial charge >= 0.3 is 5.69 Å². The Bertz CT molecular complexity index is 1160. The zero-order valence-corrected chi connectivity index (χ0v) is 17.1. The van der Waals surface area contributed by atoms with Crippen LogP contribution >= 0.6 is 11.3 Å². The molecule has 6 heteroatoms. The molecule has 1 atom stereocenters. The van der Waals surface area contributed by atoms with E-state index in [9.17, 15) is 9.59 Å². The summed E-state index contributed by atoms with van der Waals surface area (Å²) in [5.41, 5.74) is 2.53. The molecule has 2 aromatic heterocycles. The van der Waals surface area contributed by atoms with Crippen LogP contribution in [0.2, 0.25) is 0 Å². The van der Waals surface area contributed by atoms with Crippen LogP contribution < -0.4 is 11.0 Å². The number of rotatable bonds is 7. The van der Waals surface area contributed by atoms with E-state index in [4.69, 9.17) is 0 Å². The van der Waals surface area contributed by atoms with Gasteiger partial charge in [-0.05, 0) is 35.6 Å². The highest BCUT2D eigenvalue weighted by Crippen LogP contribution is 2.26. The summed E-state index contributed by atoms with van der Waals surface area (Å²) in [6.45, 7) is 2.66. The molecule has 4 aromatic rings. The fourth-order valence-electron chi connectivity index (χ4n) is 3.63. The summed E-state index contributed by atoms with van der Waals surface area (Å²) in [5, 5.41) is 5.12. The van der Waals surface area contributed by atoms with Crippen molar-refractivity contribution in [1.82, 2.24) is 14.5 Å². The smallest absolute Gasteiger partial charge is 0.329 e. The summed E-state index contributed by atoms with van der Waals surface area (Å²) in [5.74, 6) is -0.186. The number of hydrogen-bond acceptors (Lipinski definition) is 3. The number of benzene rings is 2. The number of nitrogens with one attached hydrogen (secondary N) is 1. The predicted molar refractivity (Wildman–Crippen MR) is 117 cm³/mol. The van der Waals surface area contributed by atoms with Gasteiger partial charge in [0.05, 0.1) is 17.1 Å². The lowest BCUT2D eigenvalue weighted by molar-refractivity contribution is -0.122. The van der Waals surface area contributed by atoms with E-state index in [1.54, 1.807) is 20.5 Å². The lowest BCUT2D eigenvalue weighted by atomic mass is 10.1. The normalized spacial score (nSPS) is 12.2. The van der Waals surface area contributed by atoms with Gasteiger partial charge in [-0.3, -0.25) is 13.9 Å². The van der Waals surface area contributed by atoms with Crippen LogP contribution in [0, 0.1) is 0 Å². The summed E-state index contributed by atoms with van der Waals surface area (Å²) in [6, 6.07) is 21.3. The van der Waals surface area contributed by atoms with Crippen molar-refractivity contribution in [1.29, 1.82) is 0 Å². The standard InChI is InChI=1S/C23H23N3O2S/c1-2-14-25-18-11-6-7-12-19(18)26(23(25)28)16-21(27)24-22(20-13-8-15-29-20)17-9-4-3-5-10-17/h3-13,15,22H,2,14,16H2,1H3,(H,24,27). The average Bonchev–Trinajstić information content (AvgIpc) is 3.36. The topological polar surface area (TPSA) is 56.0 Å². The van der Waals surface area contributed by atoms with Crippen LogP contribution in [-0.4, -0.2) is 15.0 Å². The van der Waals surface area contributed by atoms with Crippen LogP contribution in [0.5, 0.6) is 0 Å². The molecule has 1 unspecified atom stereocenters. The van der Waals surface area contributed by atoms with Crippen LogP contribution in [0.1, 0.15) is 29.8 Å². The summed E-state index contributed by atoms with van der Waals surface area (Å²) in [4.78, 5) is 27.0. The molecule has 2 aromatic carbocycles. The van der Waals surface area contributed by atoms with Crippen molar-refractivity contribution >= 4 is 28.3 Å². The van der Waals surface area contributed by atoms with Gasteiger partial charge in [0.2, 0.25) is 5.91 Å². The number of hydrogen-bond donors (Lipinski definition) is 1. The third-order valence-corrected chi connectivity index (χ3v) is 5.88. The van der Waals surface area contributed by atoms with Crippen molar-refractivity contribution in [2.24, 2.45) is 0 Å². The van der Waals surface area contributed by atoms with E-state index in [1.807, 2.05) is 79.0 Å². The van der Waals surface area contributed by atoms with E-state index in [1.165, 1.54) is 0 Å². The van der Waals surface area contributed by atoms with E-state index in [2.05, 4.69) is 5.32 Å². The largest absolute Gasteiger partial charge is 0.343 e. The van der Waals surface area contributed by atoms with Gasteiger partial charge in [0.25, 0.3) is 0 Å². The van der Waals surface area contributed by atoms with Crippen molar-refractivity contribution in [3.63, 3.8) is 0 Å². The maximum Gasteiger partial charge on any atom is 0.329 e. The number of fused-ring (bicyclic) bond motifs is 1. The zero-order valence-electron chi connectivity index (χ0n) is 16.2. The maximum absolute atomic E-state index is 13.0. The van der Waals surface area contributed by atoms with Crippen molar-refractivity contribution in [2.75, 3.05) is 0 Å². The molecule has 0 saturated heterocycles. The fraction of sp³-hybridized carbons (Fsp3) is 0.217. The molecule has 0 aliphatic carbocycles. The Labute approximate surface area is 173 Å². The van der Waals surface area contributed by atoms with Crippen molar-refractivity contribution in [3.8, 4) is 0 Å². The molecule has 4 rings (SSSR count). The van der Waals surface area contributed by atoms with Gasteiger partial charge < -0.3 is 5.32 Å². The first-order chi connectivity index (χ1) is 14.2. The minimum Gasteiger partial charge on any atom is -0.343 e. The minimum atomic E-state index is -0.233. The highest BCUT2D eigenvalue weighted by molar-refractivity contribution is 7.10. The number of aromatic nitrogens is 2. The van der Waals surface area contributed by atoms with E-state index < -0.39 is 0 Å². The van der Waals surface area contributed by atoms with Crippen molar-refractivity contribution in [2.45, 2.75) is 32.5 Å². The molecule has 0 aliphatic rings. The highest BCUT2D eigenvalue weighted by Gasteiger charge is 2.20. The van der Waals surface area contributed by atoms with Gasteiger partial charge in [0, 0.05) is 11.4 Å². The van der Waals surface area contributed by atoms with Gasteiger partial charge in [-0.25, -0.2) is 4.79 Å². The Morgan fingerprint density at radius 2 is 1.66 bits per heavy atom. The number of carbonyl (C=O) groups is 1. The van der Waals surface area contributed by atoms with Crippen molar-refractivity contribution in [3.05, 3.63) is 93.0 Å². The number of para-hydroxylation sites is 2. The number of thiophene rings is 1. The van der Waals surface area contributed by atoms with Crippen LogP contribution in [-0.2, 0) is 17.9 Å². The molecule has 29 heavy (non-hydrogen) atoms. The van der Waals surface area contributed by atoms with E-state index in [0.717, 1.165) is 27.9 Å². The Kier molecular flexibility index (Phi) is 5.62. The van der Waals surface area contributed by atoms with Crippen LogP contribution in [0.4, 0.5) is 0 Å². The molecule has 0 aliphatic heterocycles. The summed E-state index contributed by atoms with van der Waals surface area (Å²) < 4.78 is 3.31. The number of nitrogens with zero attached hydrogens (tertiary/aromatic N) is 2. The Balaban J connectivity index is 1.64. The second-order valence-corrected chi connectivity index (χ2v) is 7.91. The molecule has 0 spiro atoms. The van der Waals surface area contributed by atoms with E-state index in [-0.39, 0.29) is 24.2 Å². The first-order valence-electron chi connectivity index (χ1n) is 9.75. The van der Waals surface area contributed by atoms with Gasteiger partial charge in [-0.15, -0.1) is 11.3 Å². The highest BCUT2D eigenvalue weighted by atomic mass is 32.1. The van der Waals surface area contributed by atoms with Crippen LogP contribution in [0.3, 0.4) is 0 Å². The lowest BCUT2D eigenvalue weighted by Crippen LogP contribution is -2.35. The SMILES string of the molecule is CCCn1c(=O)n(CC(=O)NC(c2ccccc2)c2cccs2)c2ccccc21. The minimum absolute atomic E-state index is 0.00916. The molecule has 5 nitrogen and oxygen atoms in total. The second kappa shape index (κ2) is 8.49. The van der Waals surface area contributed by atoms with Crippen LogP contribution in [0.25, 0.3) is 11.0 Å². The van der Waals surface area contributed by atoms with Crippen molar-refractivity contribution < 1.29 is 4.79 Å². The summed E-state index contributed by atoms with van der Waals surface area (Å²) in [7, 11) is 0. The monoisotopic (exact) mass is 405 g/mol. The zero-order chi connectivity index (χ0) is 20.2. The molecule has 2 heterocycles. The average molecular weight is 406 g/mol. The number of carbonyl (C=O) groups excluding carboxylic acids is 1. The molecule has 0 bridgehead atoms. The van der Waals surface area contributed by atoms with Gasteiger partial charge in [-0.2, -0.15) is 0 Å². The molecule has 1 N–H and O–H groups in total. The molecule has 1 amide bonds. The molecular weight excluding hydrogens is 382 g/mol. The predicted octanol–water partition coefficient (Wildman–Crippen LogP) is 4.18. The first kappa shape index (κ1) is 19.2. The Hall–Kier alpha value is -3.12. The third-order valence-electron chi connectivity index (χ3n) is 4.94. The van der Waals surface area contributed by atoms with Crippen LogP contribution in [0.15, 0.2) is 76.9 Å². The molecule has 0 saturated carbocycles.